The number of hydrogen-bond acceptors (Lipinski definition) is 3. The first kappa shape index (κ1) is 42.4. The second-order valence-corrected chi connectivity index (χ2v) is 13.7. The highest BCUT2D eigenvalue weighted by atomic mass is 16.3. The fraction of sp³-hybridized carbons (Fsp3) is 0.974. The van der Waals surface area contributed by atoms with E-state index in [-0.39, 0.29) is 12.5 Å². The van der Waals surface area contributed by atoms with E-state index < -0.39 is 12.1 Å². The fourth-order valence-corrected chi connectivity index (χ4v) is 6.30. The van der Waals surface area contributed by atoms with Crippen molar-refractivity contribution in [3.05, 3.63) is 0 Å². The number of aliphatic hydroxyl groups excluding tert-OH is 2. The summed E-state index contributed by atoms with van der Waals surface area (Å²) in [6.07, 6.45) is 42.1. The largest absolute Gasteiger partial charge is 0.394 e. The molecule has 4 nitrogen and oxygen atoms in total. The van der Waals surface area contributed by atoms with Gasteiger partial charge < -0.3 is 15.5 Å². The number of nitrogens with one attached hydrogen (secondary N) is 1. The van der Waals surface area contributed by atoms with Crippen LogP contribution in [0, 0.1) is 0 Å². The molecule has 0 aliphatic carbocycles. The minimum absolute atomic E-state index is 0.0420. The third-order valence-electron chi connectivity index (χ3n) is 9.37. The van der Waals surface area contributed by atoms with Crippen molar-refractivity contribution in [3.63, 3.8) is 0 Å². The van der Waals surface area contributed by atoms with Gasteiger partial charge in [-0.05, 0) is 12.8 Å². The van der Waals surface area contributed by atoms with Crippen molar-refractivity contribution in [2.75, 3.05) is 6.61 Å². The molecule has 0 aromatic heterocycles. The van der Waals surface area contributed by atoms with Crippen LogP contribution in [0.25, 0.3) is 0 Å². The summed E-state index contributed by atoms with van der Waals surface area (Å²) in [5.41, 5.74) is 0. The summed E-state index contributed by atoms with van der Waals surface area (Å²) in [4.78, 5) is 12.1. The Labute approximate surface area is 270 Å². The standard InChI is InChI=1S/C39H79NO3/c1-3-5-7-9-10-11-12-13-14-15-16-17-18-19-20-21-22-23-24-25-26-27-28-29-31-32-34-38(42)37(36-41)40-39(43)35-33-30-8-6-4-2/h37-38,41-42H,3-36H2,1-2H3,(H,40,43). The van der Waals surface area contributed by atoms with E-state index in [9.17, 15) is 15.0 Å². The van der Waals surface area contributed by atoms with Gasteiger partial charge in [-0.3, -0.25) is 4.79 Å². The molecule has 4 heteroatoms. The molecule has 1 amide bonds. The van der Waals surface area contributed by atoms with Gasteiger partial charge in [0.2, 0.25) is 5.91 Å². The van der Waals surface area contributed by atoms with Crippen molar-refractivity contribution in [1.29, 1.82) is 0 Å². The van der Waals surface area contributed by atoms with Gasteiger partial charge >= 0.3 is 0 Å². The van der Waals surface area contributed by atoms with Crippen molar-refractivity contribution in [1.82, 2.24) is 5.32 Å². The second kappa shape index (κ2) is 35.9. The monoisotopic (exact) mass is 610 g/mol. The number of carbonyl (C=O) groups excluding carboxylic acids is 1. The lowest BCUT2D eigenvalue weighted by atomic mass is 10.0. The first-order valence-electron chi connectivity index (χ1n) is 19.7. The van der Waals surface area contributed by atoms with E-state index in [2.05, 4.69) is 19.2 Å². The van der Waals surface area contributed by atoms with E-state index in [0.717, 1.165) is 25.7 Å². The van der Waals surface area contributed by atoms with Gasteiger partial charge in [0.15, 0.2) is 0 Å². The summed E-state index contributed by atoms with van der Waals surface area (Å²) in [6.45, 7) is 4.29. The number of amides is 1. The highest BCUT2D eigenvalue weighted by Gasteiger charge is 2.19. The molecule has 43 heavy (non-hydrogen) atoms. The topological polar surface area (TPSA) is 69.6 Å². The van der Waals surface area contributed by atoms with Crippen LogP contribution in [-0.4, -0.2) is 34.9 Å². The van der Waals surface area contributed by atoms with Gasteiger partial charge in [0, 0.05) is 6.42 Å². The zero-order chi connectivity index (χ0) is 31.5. The van der Waals surface area contributed by atoms with E-state index in [1.54, 1.807) is 0 Å². The molecule has 3 N–H and O–H groups in total. The molecular weight excluding hydrogens is 530 g/mol. The SMILES string of the molecule is CCCCCCCCCCCCCCCCCCCCCCCCCCCCC(O)C(CO)NC(=O)CCCCCCC. The summed E-state index contributed by atoms with van der Waals surface area (Å²) in [6, 6.07) is -0.526. The maximum atomic E-state index is 12.1. The van der Waals surface area contributed by atoms with Gasteiger partial charge in [-0.15, -0.1) is 0 Å². The third kappa shape index (κ3) is 32.6. The van der Waals surface area contributed by atoms with Crippen LogP contribution in [0.5, 0.6) is 0 Å². The molecule has 0 fully saturated rings. The smallest absolute Gasteiger partial charge is 0.220 e. The Hall–Kier alpha value is -0.610. The first-order chi connectivity index (χ1) is 21.2. The van der Waals surface area contributed by atoms with Crippen LogP contribution in [-0.2, 0) is 4.79 Å². The van der Waals surface area contributed by atoms with E-state index in [4.69, 9.17) is 0 Å². The van der Waals surface area contributed by atoms with Crippen molar-refractivity contribution in [2.24, 2.45) is 0 Å². The van der Waals surface area contributed by atoms with Gasteiger partial charge in [-0.25, -0.2) is 0 Å². The molecule has 0 aliphatic rings. The third-order valence-corrected chi connectivity index (χ3v) is 9.37. The van der Waals surface area contributed by atoms with Gasteiger partial charge in [-0.2, -0.15) is 0 Å². The van der Waals surface area contributed by atoms with Crippen molar-refractivity contribution in [3.8, 4) is 0 Å². The second-order valence-electron chi connectivity index (χ2n) is 13.7. The number of rotatable bonds is 36. The predicted molar refractivity (Wildman–Crippen MR) is 189 cm³/mol. The molecule has 0 saturated carbocycles. The quantitative estimate of drug-likeness (QED) is 0.0619. The number of carbonyl (C=O) groups is 1. The molecule has 0 aliphatic heterocycles. The van der Waals surface area contributed by atoms with Gasteiger partial charge in [0.25, 0.3) is 0 Å². The fourth-order valence-electron chi connectivity index (χ4n) is 6.30. The lowest BCUT2D eigenvalue weighted by Gasteiger charge is -2.22. The van der Waals surface area contributed by atoms with E-state index in [1.165, 1.54) is 173 Å². The Bertz CT molecular complexity index is 541. The highest BCUT2D eigenvalue weighted by Crippen LogP contribution is 2.16. The van der Waals surface area contributed by atoms with Crippen molar-refractivity contribution >= 4 is 5.91 Å². The summed E-state index contributed by atoms with van der Waals surface area (Å²) < 4.78 is 0. The predicted octanol–water partition coefficient (Wildman–Crippen LogP) is 11.7. The minimum Gasteiger partial charge on any atom is -0.394 e. The zero-order valence-electron chi connectivity index (χ0n) is 29.5. The molecule has 2 unspecified atom stereocenters. The number of aliphatic hydroxyl groups is 2. The molecule has 258 valence electrons. The van der Waals surface area contributed by atoms with Crippen LogP contribution in [0.2, 0.25) is 0 Å². The summed E-state index contributed by atoms with van der Waals surface area (Å²) in [5.74, 6) is -0.0420. The van der Waals surface area contributed by atoms with Crippen LogP contribution >= 0.6 is 0 Å². The molecule has 2 atom stereocenters. The molecule has 0 spiro atoms. The van der Waals surface area contributed by atoms with Crippen LogP contribution in [0.1, 0.15) is 226 Å². The average molecular weight is 610 g/mol. The molecular formula is C39H79NO3. The lowest BCUT2D eigenvalue weighted by Crippen LogP contribution is -2.45. The zero-order valence-corrected chi connectivity index (χ0v) is 29.5. The molecule has 0 radical (unpaired) electrons. The molecule has 0 bridgehead atoms. The van der Waals surface area contributed by atoms with E-state index in [0.29, 0.717) is 12.8 Å². The van der Waals surface area contributed by atoms with Crippen LogP contribution < -0.4 is 5.32 Å². The minimum atomic E-state index is -0.650. The van der Waals surface area contributed by atoms with Crippen molar-refractivity contribution in [2.45, 2.75) is 238 Å². The number of unbranched alkanes of at least 4 members (excludes halogenated alkanes) is 29. The average Bonchev–Trinajstić information content (AvgIpc) is 3.01. The van der Waals surface area contributed by atoms with Gasteiger partial charge in [0.1, 0.15) is 0 Å². The molecule has 0 heterocycles. The van der Waals surface area contributed by atoms with Crippen molar-refractivity contribution < 1.29 is 15.0 Å². The van der Waals surface area contributed by atoms with Crippen LogP contribution in [0.3, 0.4) is 0 Å². The Morgan fingerprint density at radius 2 is 0.744 bits per heavy atom. The maximum Gasteiger partial charge on any atom is 0.220 e. The Balaban J connectivity index is 3.33. The highest BCUT2D eigenvalue weighted by molar-refractivity contribution is 5.76. The number of hydrogen-bond donors (Lipinski definition) is 3. The summed E-state index contributed by atoms with van der Waals surface area (Å²) in [7, 11) is 0. The molecule has 0 rings (SSSR count). The normalized spacial score (nSPS) is 12.9. The molecule has 0 saturated heterocycles. The maximum absolute atomic E-state index is 12.1. The first-order valence-corrected chi connectivity index (χ1v) is 19.7. The van der Waals surface area contributed by atoms with E-state index in [1.807, 2.05) is 0 Å². The Morgan fingerprint density at radius 1 is 0.465 bits per heavy atom. The van der Waals surface area contributed by atoms with Gasteiger partial charge in [0.05, 0.1) is 18.8 Å². The molecule has 0 aromatic carbocycles. The Morgan fingerprint density at radius 3 is 1.05 bits per heavy atom. The molecule has 0 aromatic rings. The van der Waals surface area contributed by atoms with E-state index >= 15 is 0 Å². The van der Waals surface area contributed by atoms with Crippen LogP contribution in [0.4, 0.5) is 0 Å². The summed E-state index contributed by atoms with van der Waals surface area (Å²) >= 11 is 0. The van der Waals surface area contributed by atoms with Gasteiger partial charge in [-0.1, -0.05) is 206 Å². The van der Waals surface area contributed by atoms with Crippen LogP contribution in [0.15, 0.2) is 0 Å². The summed E-state index contributed by atoms with van der Waals surface area (Å²) in [5, 5.41) is 22.9. The Kier molecular flexibility index (Phi) is 35.4. The lowest BCUT2D eigenvalue weighted by molar-refractivity contribution is -0.123.